The molecular weight excluding hydrogens is 312 g/mol. The summed E-state index contributed by atoms with van der Waals surface area (Å²) >= 11 is 0. The fraction of sp³-hybridized carbons (Fsp3) is 0.143. The average molecular weight is 336 g/mol. The zero-order valence-corrected chi connectivity index (χ0v) is 14.8. The number of hydrogen-bond donors (Lipinski definition) is 1. The van der Waals surface area contributed by atoms with Crippen LogP contribution in [-0.4, -0.2) is 4.92 Å². The van der Waals surface area contributed by atoms with Crippen LogP contribution in [0.1, 0.15) is 16.7 Å². The summed E-state index contributed by atoms with van der Waals surface area (Å²) in [7, 11) is 0. The number of benzene rings is 3. The van der Waals surface area contributed by atoms with Gasteiger partial charge >= 0.3 is 0 Å². The molecule has 0 saturated heterocycles. The van der Waals surface area contributed by atoms with E-state index in [1.807, 2.05) is 49.4 Å². The molecule has 0 aliphatic rings. The summed E-state index contributed by atoms with van der Waals surface area (Å²) in [6.07, 6.45) is 0. The topological polar surface area (TPSA) is 69.2 Å². The molecule has 0 aromatic heterocycles. The maximum Gasteiger partial charge on any atom is 0.272 e. The lowest BCUT2D eigenvalue weighted by Gasteiger charge is -1.93. The van der Waals surface area contributed by atoms with Crippen molar-refractivity contribution in [3.8, 4) is 0 Å². The molecule has 25 heavy (non-hydrogen) atoms. The zero-order chi connectivity index (χ0) is 18.7. The Bertz CT molecular complexity index is 766. The van der Waals surface area contributed by atoms with Crippen LogP contribution in [-0.2, 0) is 0 Å². The Hall–Kier alpha value is -3.14. The van der Waals surface area contributed by atoms with Crippen LogP contribution in [0.2, 0.25) is 0 Å². The van der Waals surface area contributed by atoms with E-state index in [9.17, 15) is 10.1 Å². The number of anilines is 1. The summed E-state index contributed by atoms with van der Waals surface area (Å²) < 4.78 is 0. The van der Waals surface area contributed by atoms with Gasteiger partial charge in [-0.25, -0.2) is 0 Å². The summed E-state index contributed by atoms with van der Waals surface area (Å²) in [6, 6.07) is 24.7. The number of nitro groups is 1. The highest BCUT2D eigenvalue weighted by molar-refractivity contribution is 5.45. The maximum absolute atomic E-state index is 10.2. The molecule has 0 amide bonds. The highest BCUT2D eigenvalue weighted by atomic mass is 16.6. The normalized spacial score (nSPS) is 9.08. The second-order valence-electron chi connectivity index (χ2n) is 5.55. The van der Waals surface area contributed by atoms with Crippen LogP contribution >= 0.6 is 0 Å². The Morgan fingerprint density at radius 1 is 0.720 bits per heavy atom. The summed E-state index contributed by atoms with van der Waals surface area (Å²) in [6.45, 7) is 5.80. The van der Waals surface area contributed by atoms with Crippen molar-refractivity contribution in [3.05, 3.63) is 106 Å². The predicted octanol–water partition coefficient (Wildman–Crippen LogP) is 5.48. The van der Waals surface area contributed by atoms with E-state index in [4.69, 9.17) is 5.73 Å². The summed E-state index contributed by atoms with van der Waals surface area (Å²) in [5, 5.41) is 10.2. The van der Waals surface area contributed by atoms with E-state index < -0.39 is 0 Å². The van der Waals surface area contributed by atoms with Crippen LogP contribution in [0.4, 0.5) is 11.4 Å². The van der Waals surface area contributed by atoms with E-state index in [-0.39, 0.29) is 10.6 Å². The third kappa shape index (κ3) is 7.79. The molecule has 2 N–H and O–H groups in total. The number of nitrogen functional groups attached to an aromatic ring is 1. The monoisotopic (exact) mass is 336 g/mol. The molecule has 0 heterocycles. The average Bonchev–Trinajstić information content (AvgIpc) is 2.60. The molecule has 3 aromatic rings. The fourth-order valence-corrected chi connectivity index (χ4v) is 1.89. The number of rotatable bonds is 1. The molecule has 0 fully saturated rings. The van der Waals surface area contributed by atoms with Gasteiger partial charge in [-0.3, -0.25) is 10.1 Å². The van der Waals surface area contributed by atoms with Gasteiger partial charge in [0.25, 0.3) is 5.69 Å². The highest BCUT2D eigenvalue weighted by Gasteiger charge is 2.05. The Balaban J connectivity index is 0.000000191. The third-order valence-electron chi connectivity index (χ3n) is 3.44. The second-order valence-corrected chi connectivity index (χ2v) is 5.55. The SMILES string of the molecule is Cc1ccccc1.Cc1ccccc1N.Cc1ccccc1[N+](=O)[O-]. The molecule has 4 heteroatoms. The first-order chi connectivity index (χ1) is 11.9. The van der Waals surface area contributed by atoms with Gasteiger partial charge in [0, 0.05) is 17.3 Å². The first kappa shape index (κ1) is 19.9. The number of nitro benzene ring substituents is 1. The van der Waals surface area contributed by atoms with E-state index in [0.717, 1.165) is 11.3 Å². The largest absolute Gasteiger partial charge is 0.399 e. The van der Waals surface area contributed by atoms with Gasteiger partial charge in [0.2, 0.25) is 0 Å². The van der Waals surface area contributed by atoms with Crippen molar-refractivity contribution in [1.82, 2.24) is 0 Å². The quantitative estimate of drug-likeness (QED) is 0.363. The van der Waals surface area contributed by atoms with Crippen molar-refractivity contribution in [2.45, 2.75) is 20.8 Å². The number of nitrogens with two attached hydrogens (primary N) is 1. The van der Waals surface area contributed by atoms with Crippen molar-refractivity contribution in [1.29, 1.82) is 0 Å². The zero-order valence-electron chi connectivity index (χ0n) is 14.8. The van der Waals surface area contributed by atoms with Gasteiger partial charge in [-0.2, -0.15) is 0 Å². The lowest BCUT2D eigenvalue weighted by Crippen LogP contribution is -1.89. The third-order valence-corrected chi connectivity index (χ3v) is 3.44. The van der Waals surface area contributed by atoms with Crippen molar-refractivity contribution in [3.63, 3.8) is 0 Å². The molecule has 0 bridgehead atoms. The molecule has 0 radical (unpaired) electrons. The minimum Gasteiger partial charge on any atom is -0.399 e. The lowest BCUT2D eigenvalue weighted by molar-refractivity contribution is -0.385. The number of aryl methyl sites for hydroxylation is 3. The molecule has 0 aliphatic carbocycles. The predicted molar refractivity (Wildman–Crippen MR) is 105 cm³/mol. The van der Waals surface area contributed by atoms with Crippen molar-refractivity contribution in [2.75, 3.05) is 5.73 Å². The van der Waals surface area contributed by atoms with Crippen molar-refractivity contribution in [2.24, 2.45) is 0 Å². The van der Waals surface area contributed by atoms with Crippen LogP contribution in [0.3, 0.4) is 0 Å². The molecule has 0 unspecified atom stereocenters. The van der Waals surface area contributed by atoms with Gasteiger partial charge in [0.15, 0.2) is 0 Å². The molecule has 130 valence electrons. The molecular formula is C21H24N2O2. The summed E-state index contributed by atoms with van der Waals surface area (Å²) in [4.78, 5) is 9.85. The Morgan fingerprint density at radius 3 is 1.52 bits per heavy atom. The van der Waals surface area contributed by atoms with E-state index in [2.05, 4.69) is 19.1 Å². The van der Waals surface area contributed by atoms with E-state index in [1.54, 1.807) is 25.1 Å². The van der Waals surface area contributed by atoms with Crippen LogP contribution in [0.25, 0.3) is 0 Å². The van der Waals surface area contributed by atoms with Gasteiger partial charge in [-0.15, -0.1) is 0 Å². The Labute approximate surface area is 149 Å². The number of para-hydroxylation sites is 2. The van der Waals surface area contributed by atoms with Crippen LogP contribution < -0.4 is 5.73 Å². The Morgan fingerprint density at radius 2 is 1.20 bits per heavy atom. The first-order valence-corrected chi connectivity index (χ1v) is 7.94. The second kappa shape index (κ2) is 10.6. The number of nitrogens with zero attached hydrogens (tertiary/aromatic N) is 1. The van der Waals surface area contributed by atoms with E-state index in [1.165, 1.54) is 11.6 Å². The van der Waals surface area contributed by atoms with Crippen molar-refractivity contribution >= 4 is 11.4 Å². The van der Waals surface area contributed by atoms with Gasteiger partial charge in [0.1, 0.15) is 0 Å². The summed E-state index contributed by atoms with van der Waals surface area (Å²) in [5.74, 6) is 0. The van der Waals surface area contributed by atoms with Gasteiger partial charge < -0.3 is 5.73 Å². The van der Waals surface area contributed by atoms with Crippen LogP contribution in [0.15, 0.2) is 78.9 Å². The van der Waals surface area contributed by atoms with Crippen LogP contribution in [0.5, 0.6) is 0 Å². The molecule has 3 aromatic carbocycles. The van der Waals surface area contributed by atoms with E-state index in [0.29, 0.717) is 5.56 Å². The molecule has 0 aliphatic heterocycles. The highest BCUT2D eigenvalue weighted by Crippen LogP contribution is 2.14. The maximum atomic E-state index is 10.2. The standard InChI is InChI=1S/C7H7NO2.C7H9N.C7H8/c1-6-4-2-3-5-7(6)8(9)10;1-6-4-2-3-5-7(6)8;1-7-5-3-2-4-6-7/h2-5H,1H3;2-5H,8H2,1H3;2-6H,1H3. The van der Waals surface area contributed by atoms with Crippen molar-refractivity contribution < 1.29 is 4.92 Å². The summed E-state index contributed by atoms with van der Waals surface area (Å²) in [5.41, 5.74) is 9.74. The first-order valence-electron chi connectivity index (χ1n) is 7.94. The van der Waals surface area contributed by atoms with E-state index >= 15 is 0 Å². The molecule has 4 nitrogen and oxygen atoms in total. The molecule has 0 spiro atoms. The minimum absolute atomic E-state index is 0.183. The minimum atomic E-state index is -0.380. The molecule has 0 saturated carbocycles. The lowest BCUT2D eigenvalue weighted by atomic mass is 10.2. The van der Waals surface area contributed by atoms with Gasteiger partial charge in [0.05, 0.1) is 4.92 Å². The van der Waals surface area contributed by atoms with Crippen LogP contribution in [0, 0.1) is 30.9 Å². The fourth-order valence-electron chi connectivity index (χ4n) is 1.89. The molecule has 3 rings (SSSR count). The number of hydrogen-bond acceptors (Lipinski definition) is 3. The Kier molecular flexibility index (Phi) is 8.44. The smallest absolute Gasteiger partial charge is 0.272 e. The van der Waals surface area contributed by atoms with Gasteiger partial charge in [-0.05, 0) is 32.4 Å². The van der Waals surface area contributed by atoms with Gasteiger partial charge in [-0.1, -0.05) is 72.3 Å². The molecule has 0 atom stereocenters.